The summed E-state index contributed by atoms with van der Waals surface area (Å²) < 4.78 is 68.6. The highest BCUT2D eigenvalue weighted by atomic mass is 31.2. The first kappa shape index (κ1) is 94.1. The number of carbonyl (C=O) groups is 4. The number of rotatable bonds is 74. The first-order chi connectivity index (χ1) is 46.1. The Bertz CT molecular complexity index is 1890. The molecule has 0 heterocycles. The summed E-state index contributed by atoms with van der Waals surface area (Å²) in [4.78, 5) is 72.9. The summed E-state index contributed by atoms with van der Waals surface area (Å²) in [6.07, 6.45) is 51.3. The van der Waals surface area contributed by atoms with Gasteiger partial charge in [0.1, 0.15) is 19.3 Å². The molecule has 6 atom stereocenters. The van der Waals surface area contributed by atoms with E-state index in [0.717, 1.165) is 114 Å². The van der Waals surface area contributed by atoms with Gasteiger partial charge in [0.2, 0.25) is 0 Å². The van der Waals surface area contributed by atoms with Crippen molar-refractivity contribution < 1.29 is 80.2 Å². The number of esters is 4. The summed E-state index contributed by atoms with van der Waals surface area (Å²) in [6.45, 7) is 14.2. The standard InChI is InChI=1S/C77H150O17P2/c1-9-70(8)56-48-40-32-23-16-12-10-11-13-17-24-33-41-49-57-74(79)87-63-72(93-76(81)59-51-43-35-25-18-14-15-21-29-37-45-53-67(2)3)65-91-95(83,84)89-61-71(78)62-90-96(85,86)92-66-73(64-88-75(80)58-50-42-34-28-27-31-39-47-55-69(6)7)94-77(82)60-52-44-36-26-20-19-22-30-38-46-54-68(4)5/h67-73,78H,9-66H2,1-8H3,(H,83,84)(H,85,86)/t70?,71?,72-,73-/m1/s1. The highest BCUT2D eigenvalue weighted by Gasteiger charge is 2.30. The Labute approximate surface area is 588 Å². The molecule has 0 aliphatic carbocycles. The molecule has 17 nitrogen and oxygen atoms in total. The number of phosphoric ester groups is 2. The predicted octanol–water partition coefficient (Wildman–Crippen LogP) is 22.4. The smallest absolute Gasteiger partial charge is 0.462 e. The van der Waals surface area contributed by atoms with Gasteiger partial charge in [-0.3, -0.25) is 37.3 Å². The molecule has 0 saturated carbocycles. The van der Waals surface area contributed by atoms with E-state index < -0.39 is 97.5 Å². The van der Waals surface area contributed by atoms with E-state index in [2.05, 4.69) is 55.4 Å². The van der Waals surface area contributed by atoms with Crippen molar-refractivity contribution in [1.82, 2.24) is 0 Å². The third-order valence-electron chi connectivity index (χ3n) is 18.2. The second kappa shape index (κ2) is 66.3. The Balaban J connectivity index is 5.25. The number of hydrogen-bond acceptors (Lipinski definition) is 15. The Hall–Kier alpha value is -1.94. The molecule has 19 heteroatoms. The summed E-state index contributed by atoms with van der Waals surface area (Å²) in [5.74, 6) is 0.974. The fourth-order valence-corrected chi connectivity index (χ4v) is 13.3. The van der Waals surface area contributed by atoms with Crippen molar-refractivity contribution in [3.05, 3.63) is 0 Å². The number of phosphoric acid groups is 2. The Morgan fingerprint density at radius 3 is 0.740 bits per heavy atom. The number of ether oxygens (including phenoxy) is 4. The van der Waals surface area contributed by atoms with Crippen LogP contribution in [-0.2, 0) is 65.4 Å². The summed E-state index contributed by atoms with van der Waals surface area (Å²) in [7, 11) is -9.92. The van der Waals surface area contributed by atoms with E-state index in [-0.39, 0.29) is 25.7 Å². The van der Waals surface area contributed by atoms with Crippen LogP contribution in [0.25, 0.3) is 0 Å². The first-order valence-electron chi connectivity index (χ1n) is 39.7. The second-order valence-corrected chi connectivity index (χ2v) is 32.3. The molecule has 0 rings (SSSR count). The molecule has 3 N–H and O–H groups in total. The van der Waals surface area contributed by atoms with Gasteiger partial charge in [-0.05, 0) is 49.4 Å². The number of aliphatic hydroxyl groups is 1. The van der Waals surface area contributed by atoms with Crippen LogP contribution in [0, 0.1) is 23.7 Å². The average Bonchev–Trinajstić information content (AvgIpc) is 2.02. The van der Waals surface area contributed by atoms with Crippen LogP contribution in [0.3, 0.4) is 0 Å². The first-order valence-corrected chi connectivity index (χ1v) is 42.7. The lowest BCUT2D eigenvalue weighted by atomic mass is 9.99. The molecule has 0 fully saturated rings. The number of aliphatic hydroxyl groups excluding tert-OH is 1. The molecule has 570 valence electrons. The average molecular weight is 1410 g/mol. The van der Waals surface area contributed by atoms with Gasteiger partial charge >= 0.3 is 39.5 Å². The summed E-state index contributed by atoms with van der Waals surface area (Å²) >= 11 is 0. The largest absolute Gasteiger partial charge is 0.472 e. The maximum Gasteiger partial charge on any atom is 0.472 e. The lowest BCUT2D eigenvalue weighted by Gasteiger charge is -2.21. The summed E-state index contributed by atoms with van der Waals surface area (Å²) in [5.41, 5.74) is 0. The zero-order valence-corrected chi connectivity index (χ0v) is 64.8. The molecular weight excluding hydrogens is 1260 g/mol. The molecule has 0 amide bonds. The van der Waals surface area contributed by atoms with Gasteiger partial charge < -0.3 is 33.8 Å². The van der Waals surface area contributed by atoms with Gasteiger partial charge in [-0.15, -0.1) is 0 Å². The molecule has 4 unspecified atom stereocenters. The van der Waals surface area contributed by atoms with Crippen LogP contribution < -0.4 is 0 Å². The normalized spacial score (nSPS) is 14.4. The van der Waals surface area contributed by atoms with Crippen LogP contribution >= 0.6 is 15.6 Å². The lowest BCUT2D eigenvalue weighted by molar-refractivity contribution is -0.161. The van der Waals surface area contributed by atoms with Crippen LogP contribution in [-0.4, -0.2) is 96.7 Å². The van der Waals surface area contributed by atoms with Gasteiger partial charge in [-0.2, -0.15) is 0 Å². The lowest BCUT2D eigenvalue weighted by Crippen LogP contribution is -2.30. The monoisotopic (exact) mass is 1410 g/mol. The van der Waals surface area contributed by atoms with Gasteiger partial charge in [0.25, 0.3) is 0 Å². The third-order valence-corrected chi connectivity index (χ3v) is 20.1. The molecular formula is C77H150O17P2. The van der Waals surface area contributed by atoms with Gasteiger partial charge in [0.05, 0.1) is 26.4 Å². The Morgan fingerprint density at radius 2 is 0.500 bits per heavy atom. The maximum atomic E-state index is 13.1. The van der Waals surface area contributed by atoms with E-state index in [1.165, 1.54) is 193 Å². The van der Waals surface area contributed by atoms with Crippen LogP contribution in [0.5, 0.6) is 0 Å². The van der Waals surface area contributed by atoms with E-state index in [4.69, 9.17) is 37.0 Å². The minimum atomic E-state index is -4.96. The molecule has 0 aromatic heterocycles. The van der Waals surface area contributed by atoms with Crippen molar-refractivity contribution in [3.63, 3.8) is 0 Å². The quantitative estimate of drug-likeness (QED) is 0.0222. The summed E-state index contributed by atoms with van der Waals surface area (Å²) in [6, 6.07) is 0. The maximum absolute atomic E-state index is 13.1. The fourth-order valence-electron chi connectivity index (χ4n) is 11.7. The van der Waals surface area contributed by atoms with Gasteiger partial charge in [-0.1, -0.05) is 338 Å². The minimum absolute atomic E-state index is 0.105. The van der Waals surface area contributed by atoms with Crippen LogP contribution in [0.4, 0.5) is 0 Å². The number of carbonyl (C=O) groups excluding carboxylic acids is 4. The van der Waals surface area contributed by atoms with Crippen molar-refractivity contribution in [3.8, 4) is 0 Å². The van der Waals surface area contributed by atoms with Gasteiger partial charge in [-0.25, -0.2) is 9.13 Å². The molecule has 0 spiro atoms. The van der Waals surface area contributed by atoms with E-state index in [0.29, 0.717) is 25.7 Å². The number of hydrogen-bond donors (Lipinski definition) is 3. The minimum Gasteiger partial charge on any atom is -0.462 e. The van der Waals surface area contributed by atoms with E-state index in [9.17, 15) is 43.2 Å². The highest BCUT2D eigenvalue weighted by Crippen LogP contribution is 2.45. The van der Waals surface area contributed by atoms with Crippen LogP contribution in [0.1, 0.15) is 389 Å². The van der Waals surface area contributed by atoms with Gasteiger partial charge in [0.15, 0.2) is 12.2 Å². The van der Waals surface area contributed by atoms with Crippen molar-refractivity contribution in [2.45, 2.75) is 408 Å². The highest BCUT2D eigenvalue weighted by molar-refractivity contribution is 7.47. The SMILES string of the molecule is CCC(C)CCCCCCCCCCCCCCCCC(=O)OC[C@H](COP(=O)(O)OCC(O)COP(=O)(O)OC[C@@H](COC(=O)CCCCCCCCCCC(C)C)OC(=O)CCCCCCCCCCCCC(C)C)OC(=O)CCCCCCCCCCCCCC(C)C. The van der Waals surface area contributed by atoms with E-state index in [1.807, 2.05) is 0 Å². The van der Waals surface area contributed by atoms with Gasteiger partial charge in [0, 0.05) is 25.7 Å². The number of unbranched alkanes of at least 4 members (excludes halogenated alkanes) is 39. The molecule has 0 aliphatic heterocycles. The zero-order valence-electron chi connectivity index (χ0n) is 63.0. The molecule has 0 aromatic carbocycles. The van der Waals surface area contributed by atoms with E-state index in [1.54, 1.807) is 0 Å². The van der Waals surface area contributed by atoms with Crippen molar-refractivity contribution in [2.24, 2.45) is 23.7 Å². The third kappa shape index (κ3) is 69.2. The van der Waals surface area contributed by atoms with Crippen molar-refractivity contribution >= 4 is 39.5 Å². The van der Waals surface area contributed by atoms with E-state index >= 15 is 0 Å². The Morgan fingerprint density at radius 1 is 0.292 bits per heavy atom. The zero-order chi connectivity index (χ0) is 71.0. The summed E-state index contributed by atoms with van der Waals surface area (Å²) in [5, 5.41) is 10.6. The molecule has 0 bridgehead atoms. The second-order valence-electron chi connectivity index (χ2n) is 29.4. The Kier molecular flexibility index (Phi) is 65.0. The van der Waals surface area contributed by atoms with Crippen molar-refractivity contribution in [2.75, 3.05) is 39.6 Å². The molecule has 96 heavy (non-hydrogen) atoms. The molecule has 0 aromatic rings. The topological polar surface area (TPSA) is 237 Å². The molecule has 0 radical (unpaired) electrons. The van der Waals surface area contributed by atoms with Crippen LogP contribution in [0.15, 0.2) is 0 Å². The van der Waals surface area contributed by atoms with Crippen molar-refractivity contribution in [1.29, 1.82) is 0 Å². The van der Waals surface area contributed by atoms with Crippen LogP contribution in [0.2, 0.25) is 0 Å². The fraction of sp³-hybridized carbons (Fsp3) is 0.948. The predicted molar refractivity (Wildman–Crippen MR) is 391 cm³/mol. The molecule has 0 saturated heterocycles. The molecule has 0 aliphatic rings.